The smallest absolute Gasteiger partial charge is 0.270 e. The molecule has 0 N–H and O–H groups in total. The van der Waals surface area contributed by atoms with Crippen molar-refractivity contribution >= 4 is 43.2 Å². The molecule has 0 amide bonds. The van der Waals surface area contributed by atoms with Gasteiger partial charge in [-0.2, -0.15) is 0 Å². The van der Waals surface area contributed by atoms with Crippen molar-refractivity contribution in [1.82, 2.24) is 0 Å². The van der Waals surface area contributed by atoms with E-state index in [4.69, 9.17) is 4.74 Å². The van der Waals surface area contributed by atoms with Gasteiger partial charge in [-0.25, -0.2) is 0 Å². The number of rotatable bonds is 6. The summed E-state index contributed by atoms with van der Waals surface area (Å²) in [6.45, 7) is 0.504. The maximum atomic E-state index is 10.7. The molecule has 0 spiro atoms. The summed E-state index contributed by atoms with van der Waals surface area (Å²) in [5.74, 6) is 0. The monoisotopic (exact) mass is 444 g/mol. The van der Waals surface area contributed by atoms with E-state index in [1.807, 2.05) is 0 Å². The third-order valence-electron chi connectivity index (χ3n) is 3.01. The molecule has 2 rings (SSSR count). The van der Waals surface area contributed by atoms with Crippen LogP contribution >= 0.6 is 31.9 Å². The third kappa shape index (κ3) is 4.57. The lowest BCUT2D eigenvalue weighted by molar-refractivity contribution is -0.385. The summed E-state index contributed by atoms with van der Waals surface area (Å²) in [7, 11) is 0. The van der Waals surface area contributed by atoms with Gasteiger partial charge in [0.2, 0.25) is 0 Å². The summed E-state index contributed by atoms with van der Waals surface area (Å²) in [5, 5.41) is 21.4. The molecule has 7 nitrogen and oxygen atoms in total. The maximum absolute atomic E-state index is 10.7. The molecule has 0 saturated heterocycles. The molecule has 0 atom stereocenters. The highest BCUT2D eigenvalue weighted by Crippen LogP contribution is 2.26. The first-order valence-corrected chi connectivity index (χ1v) is 7.90. The largest absolute Gasteiger partial charge is 0.372 e. The summed E-state index contributed by atoms with van der Waals surface area (Å²) in [6.07, 6.45) is 0. The van der Waals surface area contributed by atoms with E-state index in [1.165, 1.54) is 24.3 Å². The fourth-order valence-electron chi connectivity index (χ4n) is 1.80. The van der Waals surface area contributed by atoms with Crippen molar-refractivity contribution < 1.29 is 14.6 Å². The van der Waals surface area contributed by atoms with E-state index in [2.05, 4.69) is 31.9 Å². The molecule has 0 aliphatic heterocycles. The Kier molecular flexibility index (Phi) is 5.80. The van der Waals surface area contributed by atoms with E-state index in [0.29, 0.717) is 8.95 Å². The summed E-state index contributed by atoms with van der Waals surface area (Å²) in [6, 6.07) is 8.89. The fraction of sp³-hybridized carbons (Fsp3) is 0.143. The Morgan fingerprint density at radius 3 is 1.52 bits per heavy atom. The molecule has 0 saturated carbocycles. The molecular formula is C14H10Br2N2O5. The first kappa shape index (κ1) is 17.5. The zero-order valence-electron chi connectivity index (χ0n) is 11.6. The van der Waals surface area contributed by atoms with Gasteiger partial charge in [-0.15, -0.1) is 0 Å². The number of non-ortho nitro benzene ring substituents is 2. The number of hydrogen-bond acceptors (Lipinski definition) is 5. The number of nitro benzene ring substituents is 2. The average molecular weight is 446 g/mol. The molecule has 120 valence electrons. The minimum absolute atomic E-state index is 0.00117. The minimum Gasteiger partial charge on any atom is -0.372 e. The van der Waals surface area contributed by atoms with Gasteiger partial charge in [0.1, 0.15) is 0 Å². The highest BCUT2D eigenvalue weighted by Gasteiger charge is 2.11. The van der Waals surface area contributed by atoms with Crippen LogP contribution in [0.5, 0.6) is 0 Å². The number of halogens is 2. The molecule has 0 aliphatic rings. The zero-order valence-corrected chi connectivity index (χ0v) is 14.7. The van der Waals surface area contributed by atoms with Gasteiger partial charge in [-0.05, 0) is 23.3 Å². The number of nitro groups is 2. The summed E-state index contributed by atoms with van der Waals surface area (Å²) in [5.41, 5.74) is 1.54. The normalized spacial score (nSPS) is 10.5. The van der Waals surface area contributed by atoms with E-state index in [1.54, 1.807) is 12.1 Å². The van der Waals surface area contributed by atoms with Crippen LogP contribution in [0, 0.1) is 20.2 Å². The first-order chi connectivity index (χ1) is 10.9. The van der Waals surface area contributed by atoms with Crippen LogP contribution in [-0.2, 0) is 18.0 Å². The van der Waals surface area contributed by atoms with Gasteiger partial charge in [-0.1, -0.05) is 31.9 Å². The van der Waals surface area contributed by atoms with Gasteiger partial charge >= 0.3 is 0 Å². The molecule has 2 aromatic carbocycles. The predicted molar refractivity (Wildman–Crippen MR) is 90.1 cm³/mol. The van der Waals surface area contributed by atoms with Crippen molar-refractivity contribution in [1.29, 1.82) is 0 Å². The first-order valence-electron chi connectivity index (χ1n) is 6.32. The zero-order chi connectivity index (χ0) is 17.0. The van der Waals surface area contributed by atoms with Gasteiger partial charge in [0, 0.05) is 33.2 Å². The molecule has 2 aromatic rings. The van der Waals surface area contributed by atoms with Crippen LogP contribution in [0.1, 0.15) is 11.1 Å². The minimum atomic E-state index is -0.469. The number of hydrogen-bond donors (Lipinski definition) is 0. The van der Waals surface area contributed by atoms with Crippen molar-refractivity contribution in [3.8, 4) is 0 Å². The lowest BCUT2D eigenvalue weighted by Gasteiger charge is -2.08. The summed E-state index contributed by atoms with van der Waals surface area (Å²) in [4.78, 5) is 20.4. The van der Waals surface area contributed by atoms with Gasteiger partial charge in [0.15, 0.2) is 0 Å². The third-order valence-corrected chi connectivity index (χ3v) is 4.49. The van der Waals surface area contributed by atoms with E-state index in [-0.39, 0.29) is 24.6 Å². The second kappa shape index (κ2) is 7.62. The van der Waals surface area contributed by atoms with E-state index >= 15 is 0 Å². The highest BCUT2D eigenvalue weighted by molar-refractivity contribution is 9.10. The van der Waals surface area contributed by atoms with Crippen LogP contribution in [0.15, 0.2) is 45.3 Å². The van der Waals surface area contributed by atoms with Gasteiger partial charge in [0.25, 0.3) is 11.4 Å². The summed E-state index contributed by atoms with van der Waals surface area (Å²) < 4.78 is 6.75. The lowest BCUT2D eigenvalue weighted by atomic mass is 10.2. The Bertz CT molecular complexity index is 703. The molecule has 0 aromatic heterocycles. The Balaban J connectivity index is 2.00. The molecule has 0 bridgehead atoms. The maximum Gasteiger partial charge on any atom is 0.270 e. The van der Waals surface area contributed by atoms with Crippen molar-refractivity contribution in [3.05, 3.63) is 76.7 Å². The van der Waals surface area contributed by atoms with E-state index in [9.17, 15) is 20.2 Å². The van der Waals surface area contributed by atoms with Crippen molar-refractivity contribution in [3.63, 3.8) is 0 Å². The second-order valence-electron chi connectivity index (χ2n) is 4.56. The Labute approximate surface area is 147 Å². The molecule has 9 heteroatoms. The number of benzene rings is 2. The average Bonchev–Trinajstić information content (AvgIpc) is 2.49. The summed E-state index contributed by atoms with van der Waals surface area (Å²) >= 11 is 6.55. The van der Waals surface area contributed by atoms with Crippen LogP contribution in [0.25, 0.3) is 0 Å². The van der Waals surface area contributed by atoms with Crippen LogP contribution in [0.3, 0.4) is 0 Å². The standard InChI is InChI=1S/C14H10Br2N2O5/c15-13-5-11(17(19)20)3-1-9(13)7-23-8-10-2-4-12(18(21)22)6-14(10)16/h1-6H,7-8H2. The predicted octanol–water partition coefficient (Wildman–Crippen LogP) is 4.74. The van der Waals surface area contributed by atoms with E-state index in [0.717, 1.165) is 11.1 Å². The fourth-order valence-corrected chi connectivity index (χ4v) is 2.77. The van der Waals surface area contributed by atoms with E-state index < -0.39 is 9.85 Å². The topological polar surface area (TPSA) is 95.5 Å². The lowest BCUT2D eigenvalue weighted by Crippen LogP contribution is -1.98. The molecule has 0 heterocycles. The molecule has 0 fully saturated rings. The SMILES string of the molecule is O=[N+]([O-])c1ccc(COCc2ccc([N+](=O)[O-])cc2Br)c(Br)c1. The molecule has 0 aliphatic carbocycles. The molecular weight excluding hydrogens is 436 g/mol. The van der Waals surface area contributed by atoms with Gasteiger partial charge in [0.05, 0.1) is 23.1 Å². The quantitative estimate of drug-likeness (QED) is 0.472. The van der Waals surface area contributed by atoms with Gasteiger partial charge in [-0.3, -0.25) is 20.2 Å². The van der Waals surface area contributed by atoms with Crippen LogP contribution in [-0.4, -0.2) is 9.85 Å². The van der Waals surface area contributed by atoms with Gasteiger partial charge < -0.3 is 4.74 Å². The molecule has 0 radical (unpaired) electrons. The van der Waals surface area contributed by atoms with Crippen LogP contribution in [0.4, 0.5) is 11.4 Å². The Hall–Kier alpha value is -1.84. The van der Waals surface area contributed by atoms with Crippen molar-refractivity contribution in [2.45, 2.75) is 13.2 Å². The highest BCUT2D eigenvalue weighted by atomic mass is 79.9. The second-order valence-corrected chi connectivity index (χ2v) is 6.27. The van der Waals surface area contributed by atoms with Crippen molar-refractivity contribution in [2.24, 2.45) is 0 Å². The number of nitrogens with zero attached hydrogens (tertiary/aromatic N) is 2. The Morgan fingerprint density at radius 1 is 0.826 bits per heavy atom. The Morgan fingerprint density at radius 2 is 1.22 bits per heavy atom. The number of ether oxygens (including phenoxy) is 1. The van der Waals surface area contributed by atoms with Crippen LogP contribution < -0.4 is 0 Å². The van der Waals surface area contributed by atoms with Crippen molar-refractivity contribution in [2.75, 3.05) is 0 Å². The molecule has 0 unspecified atom stereocenters. The molecule has 23 heavy (non-hydrogen) atoms. The van der Waals surface area contributed by atoms with Crippen LogP contribution in [0.2, 0.25) is 0 Å².